The number of rotatable bonds is 8. The number of aliphatic hydroxyl groups is 1. The number of halogens is 4. The number of aromatic nitrogens is 4. The van der Waals surface area contributed by atoms with Crippen molar-refractivity contribution in [3.05, 3.63) is 74.9 Å². The van der Waals surface area contributed by atoms with E-state index in [-0.39, 0.29) is 28.3 Å². The van der Waals surface area contributed by atoms with Crippen LogP contribution >= 0.6 is 0 Å². The van der Waals surface area contributed by atoms with E-state index in [4.69, 9.17) is 4.74 Å². The summed E-state index contributed by atoms with van der Waals surface area (Å²) in [6.45, 7) is 0.0306. The Morgan fingerprint density at radius 3 is 2.46 bits per heavy atom. The first-order valence-corrected chi connectivity index (χ1v) is 11.0. The quantitative estimate of drug-likeness (QED) is 0.343. The Hall–Kier alpha value is -4.13. The average Bonchev–Trinajstić information content (AvgIpc) is 3.19. The van der Waals surface area contributed by atoms with Crippen LogP contribution in [0.3, 0.4) is 0 Å². The van der Waals surface area contributed by atoms with Crippen LogP contribution in [0.1, 0.15) is 18.6 Å². The Morgan fingerprint density at radius 2 is 1.81 bits per heavy atom. The van der Waals surface area contributed by atoms with Crippen molar-refractivity contribution >= 4 is 11.2 Å². The second-order valence-electron chi connectivity index (χ2n) is 8.22. The van der Waals surface area contributed by atoms with Crippen molar-refractivity contribution in [3.8, 4) is 22.9 Å². The molecule has 0 aliphatic heterocycles. The molecule has 4 aromatic rings. The summed E-state index contributed by atoms with van der Waals surface area (Å²) in [6, 6.07) is 12.6. The highest BCUT2D eigenvalue weighted by Crippen LogP contribution is 2.38. The lowest BCUT2D eigenvalue weighted by Gasteiger charge is -2.19. The van der Waals surface area contributed by atoms with Gasteiger partial charge >= 0.3 is 12.1 Å². The summed E-state index contributed by atoms with van der Waals surface area (Å²) < 4.78 is 64.7. The number of hydrogen-bond acceptors (Lipinski definition) is 6. The smallest absolute Gasteiger partial charge is 0.482 e. The number of imidazole rings is 1. The Kier molecular flexibility index (Phi) is 7.07. The Morgan fingerprint density at radius 1 is 1.11 bits per heavy atom. The van der Waals surface area contributed by atoms with Gasteiger partial charge < -0.3 is 19.1 Å². The largest absolute Gasteiger partial charge is 0.573 e. The molecule has 2 aromatic carbocycles. The van der Waals surface area contributed by atoms with Crippen LogP contribution in [-0.2, 0) is 13.6 Å². The zero-order chi connectivity index (χ0) is 26.9. The van der Waals surface area contributed by atoms with Crippen molar-refractivity contribution in [2.75, 3.05) is 6.67 Å². The molecule has 0 bridgehead atoms. The van der Waals surface area contributed by atoms with E-state index in [1.54, 1.807) is 37.3 Å². The summed E-state index contributed by atoms with van der Waals surface area (Å²) in [6.07, 6.45) is -7.17. The normalized spacial score (nSPS) is 13.5. The molecule has 2 atom stereocenters. The Bertz CT molecular complexity index is 1530. The van der Waals surface area contributed by atoms with E-state index in [1.165, 1.54) is 23.7 Å². The van der Waals surface area contributed by atoms with Gasteiger partial charge in [-0.3, -0.25) is 14.3 Å². The molecule has 4 rings (SSSR count). The van der Waals surface area contributed by atoms with Crippen molar-refractivity contribution in [2.24, 2.45) is 7.05 Å². The summed E-state index contributed by atoms with van der Waals surface area (Å²) in [5, 5.41) is 9.69. The van der Waals surface area contributed by atoms with Crippen LogP contribution in [0.2, 0.25) is 0 Å². The lowest BCUT2D eigenvalue weighted by atomic mass is 10.1. The van der Waals surface area contributed by atoms with Crippen LogP contribution in [0.5, 0.6) is 11.5 Å². The molecule has 0 aliphatic rings. The molecule has 0 spiro atoms. The molecule has 0 fully saturated rings. The molecule has 0 saturated carbocycles. The number of aryl methyl sites for hydroxylation is 1. The predicted octanol–water partition coefficient (Wildman–Crippen LogP) is 3.46. The summed E-state index contributed by atoms with van der Waals surface area (Å²) in [7, 11) is 1.42. The first-order chi connectivity index (χ1) is 17.5. The minimum atomic E-state index is -5.03. The zero-order valence-corrected chi connectivity index (χ0v) is 19.6. The molecule has 2 aromatic heterocycles. The number of aromatic amines is 1. The molecular formula is C24H22F4N4O5. The number of aliphatic hydroxyl groups excluding tert-OH is 1. The summed E-state index contributed by atoms with van der Waals surface area (Å²) >= 11 is 0. The maximum absolute atomic E-state index is 13.2. The van der Waals surface area contributed by atoms with Gasteiger partial charge in [-0.2, -0.15) is 0 Å². The molecule has 13 heteroatoms. The number of ether oxygens (including phenoxy) is 2. The van der Waals surface area contributed by atoms with Crippen molar-refractivity contribution in [3.63, 3.8) is 0 Å². The van der Waals surface area contributed by atoms with E-state index in [0.717, 1.165) is 16.2 Å². The second kappa shape index (κ2) is 10.1. The maximum atomic E-state index is 13.2. The van der Waals surface area contributed by atoms with Crippen LogP contribution < -0.4 is 20.7 Å². The molecule has 0 saturated heterocycles. The number of nitrogens with one attached hydrogen (secondary N) is 1. The summed E-state index contributed by atoms with van der Waals surface area (Å²) in [5.74, 6) is -0.805. The number of hydrogen-bond donors (Lipinski definition) is 2. The van der Waals surface area contributed by atoms with Crippen LogP contribution in [-0.4, -0.2) is 43.3 Å². The Labute approximate surface area is 206 Å². The van der Waals surface area contributed by atoms with Gasteiger partial charge in [0.05, 0.1) is 6.54 Å². The zero-order valence-electron chi connectivity index (χ0n) is 19.6. The van der Waals surface area contributed by atoms with E-state index < -0.39 is 48.8 Å². The first kappa shape index (κ1) is 25.9. The van der Waals surface area contributed by atoms with Gasteiger partial charge in [0.25, 0.3) is 5.56 Å². The number of alkyl halides is 4. The topological polar surface area (TPSA) is 111 Å². The SMILES string of the molecule is CC(Oc1ccc(-c2nc3c(c(=O)[nH]c(=O)n3CC(O)CF)n2C)cc1OC(F)(F)F)c1ccccc1. The van der Waals surface area contributed by atoms with Crippen molar-refractivity contribution in [1.29, 1.82) is 0 Å². The van der Waals surface area contributed by atoms with Gasteiger partial charge in [-0.1, -0.05) is 30.3 Å². The lowest BCUT2D eigenvalue weighted by molar-refractivity contribution is -0.275. The van der Waals surface area contributed by atoms with E-state index >= 15 is 0 Å². The number of nitrogens with zero attached hydrogens (tertiary/aromatic N) is 3. The fourth-order valence-corrected chi connectivity index (χ4v) is 3.86. The highest BCUT2D eigenvalue weighted by Gasteiger charge is 2.33. The second-order valence-corrected chi connectivity index (χ2v) is 8.22. The van der Waals surface area contributed by atoms with Gasteiger partial charge in [-0.05, 0) is 30.7 Å². The van der Waals surface area contributed by atoms with E-state index in [9.17, 15) is 32.3 Å². The molecule has 196 valence electrons. The number of fused-ring (bicyclic) bond motifs is 1. The highest BCUT2D eigenvalue weighted by molar-refractivity contribution is 5.77. The van der Waals surface area contributed by atoms with E-state index in [0.29, 0.717) is 0 Å². The van der Waals surface area contributed by atoms with Gasteiger partial charge in [0.15, 0.2) is 22.7 Å². The van der Waals surface area contributed by atoms with Crippen LogP contribution in [0.15, 0.2) is 58.1 Å². The minimum absolute atomic E-state index is 0.0178. The molecule has 2 unspecified atom stereocenters. The molecule has 9 nitrogen and oxygen atoms in total. The molecule has 37 heavy (non-hydrogen) atoms. The maximum Gasteiger partial charge on any atom is 0.573 e. The first-order valence-electron chi connectivity index (χ1n) is 11.0. The highest BCUT2D eigenvalue weighted by atomic mass is 19.4. The fraction of sp³-hybridized carbons (Fsp3) is 0.292. The molecule has 0 amide bonds. The molecule has 0 radical (unpaired) electrons. The van der Waals surface area contributed by atoms with E-state index in [1.807, 2.05) is 0 Å². The van der Waals surface area contributed by atoms with Gasteiger partial charge in [0, 0.05) is 12.6 Å². The van der Waals surface area contributed by atoms with Crippen LogP contribution in [0.25, 0.3) is 22.6 Å². The molecule has 2 N–H and O–H groups in total. The third-order valence-electron chi connectivity index (χ3n) is 5.58. The van der Waals surface area contributed by atoms with Crippen molar-refractivity contribution in [2.45, 2.75) is 32.0 Å². The van der Waals surface area contributed by atoms with Gasteiger partial charge in [0.2, 0.25) is 0 Å². The fourth-order valence-electron chi connectivity index (χ4n) is 3.86. The van der Waals surface area contributed by atoms with Gasteiger partial charge in [-0.25, -0.2) is 14.2 Å². The monoisotopic (exact) mass is 522 g/mol. The number of benzene rings is 2. The molecule has 0 aliphatic carbocycles. The van der Waals surface area contributed by atoms with Crippen molar-refractivity contribution in [1.82, 2.24) is 19.1 Å². The average molecular weight is 522 g/mol. The standard InChI is InChI=1S/C24H22F4N4O5/c1-13(14-6-4-3-5-7-14)36-17-9-8-15(10-18(17)37-24(26,27)28)20-29-21-19(31(20)2)22(34)30-23(35)32(21)12-16(33)11-25/h3-10,13,16,33H,11-12H2,1-2H3,(H,30,34,35). The van der Waals surface area contributed by atoms with Gasteiger partial charge in [0.1, 0.15) is 24.7 Å². The lowest BCUT2D eigenvalue weighted by Crippen LogP contribution is -2.34. The molecule has 2 heterocycles. The third-order valence-corrected chi connectivity index (χ3v) is 5.58. The van der Waals surface area contributed by atoms with Gasteiger partial charge in [-0.15, -0.1) is 13.2 Å². The van der Waals surface area contributed by atoms with Crippen molar-refractivity contribution < 1.29 is 32.1 Å². The molecular weight excluding hydrogens is 500 g/mol. The Balaban J connectivity index is 1.82. The minimum Gasteiger partial charge on any atom is -0.482 e. The van der Waals surface area contributed by atoms with Crippen LogP contribution in [0, 0.1) is 0 Å². The third kappa shape index (κ3) is 5.50. The number of H-pyrrole nitrogens is 1. The predicted molar refractivity (Wildman–Crippen MR) is 125 cm³/mol. The summed E-state index contributed by atoms with van der Waals surface area (Å²) in [5.41, 5.74) is -1.16. The summed E-state index contributed by atoms with van der Waals surface area (Å²) in [4.78, 5) is 31.1. The van der Waals surface area contributed by atoms with Crippen LogP contribution in [0.4, 0.5) is 17.6 Å². The van der Waals surface area contributed by atoms with E-state index in [2.05, 4.69) is 14.7 Å².